The minimum atomic E-state index is -0.463. The summed E-state index contributed by atoms with van der Waals surface area (Å²) in [4.78, 5) is 17.7. The summed E-state index contributed by atoms with van der Waals surface area (Å²) in [6.45, 7) is 0. The van der Waals surface area contributed by atoms with Gasteiger partial charge < -0.3 is 9.88 Å². The van der Waals surface area contributed by atoms with Crippen LogP contribution in [0, 0.1) is 5.82 Å². The van der Waals surface area contributed by atoms with Crippen molar-refractivity contribution in [2.24, 2.45) is 7.05 Å². The number of imidazole rings is 1. The molecule has 0 saturated heterocycles. The molecule has 1 atom stereocenters. The highest BCUT2D eigenvalue weighted by Gasteiger charge is 2.21. The third-order valence-corrected chi connectivity index (χ3v) is 5.34. The number of halogens is 2. The highest BCUT2D eigenvalue weighted by Crippen LogP contribution is 2.27. The lowest BCUT2D eigenvalue weighted by Crippen LogP contribution is -2.32. The number of nitrogens with zero attached hydrogens (tertiary/aromatic N) is 2. The molecule has 3 aromatic rings. The lowest BCUT2D eigenvalue weighted by Gasteiger charge is -2.19. The molecule has 1 aromatic heterocycles. The maximum atomic E-state index is 13.3. The Kier molecular flexibility index (Phi) is 5.96. The molecule has 0 fully saturated rings. The van der Waals surface area contributed by atoms with Crippen LogP contribution in [0.2, 0.25) is 5.02 Å². The Balaban J connectivity index is 1.75. The van der Waals surface area contributed by atoms with Gasteiger partial charge in [0.25, 0.3) is 0 Å². The van der Waals surface area contributed by atoms with Crippen molar-refractivity contribution in [3.8, 4) is 0 Å². The van der Waals surface area contributed by atoms with Crippen molar-refractivity contribution in [2.45, 2.75) is 10.9 Å². The Morgan fingerprint density at radius 2 is 2.00 bits per heavy atom. The molecule has 0 aliphatic rings. The fourth-order valence-electron chi connectivity index (χ4n) is 2.52. The van der Waals surface area contributed by atoms with E-state index in [9.17, 15) is 9.18 Å². The summed E-state index contributed by atoms with van der Waals surface area (Å²) < 4.78 is 15.1. The van der Waals surface area contributed by atoms with Crippen LogP contribution in [-0.4, -0.2) is 21.2 Å². The first kappa shape index (κ1) is 18.5. The highest BCUT2D eigenvalue weighted by atomic mass is 35.5. The van der Waals surface area contributed by atoms with Crippen molar-refractivity contribution in [3.05, 3.63) is 83.2 Å². The highest BCUT2D eigenvalue weighted by molar-refractivity contribution is 8.00. The lowest BCUT2D eigenvalue weighted by molar-refractivity contribution is -0.119. The average molecular weight is 390 g/mol. The van der Waals surface area contributed by atoms with Gasteiger partial charge in [0.1, 0.15) is 17.7 Å². The Hall–Kier alpha value is -2.31. The first-order valence-electron chi connectivity index (χ1n) is 7.94. The van der Waals surface area contributed by atoms with E-state index in [1.54, 1.807) is 30.6 Å². The molecule has 0 radical (unpaired) electrons. The Morgan fingerprint density at radius 1 is 1.27 bits per heavy atom. The molecule has 0 aliphatic heterocycles. The number of carbonyl (C=O) groups is 1. The summed E-state index contributed by atoms with van der Waals surface area (Å²) in [7, 11) is 1.85. The largest absolute Gasteiger partial charge is 0.341 e. The maximum absolute atomic E-state index is 13.3. The van der Waals surface area contributed by atoms with Crippen LogP contribution in [-0.2, 0) is 11.8 Å². The average Bonchev–Trinajstić information content (AvgIpc) is 3.05. The number of hydrogen-bond donors (Lipinski definition) is 1. The number of amides is 1. The van der Waals surface area contributed by atoms with Gasteiger partial charge in [-0.1, -0.05) is 35.9 Å². The van der Waals surface area contributed by atoms with E-state index in [0.29, 0.717) is 10.8 Å². The van der Waals surface area contributed by atoms with Crippen molar-refractivity contribution in [3.63, 3.8) is 0 Å². The lowest BCUT2D eigenvalue weighted by atomic mass is 10.1. The molecule has 4 nitrogen and oxygen atoms in total. The molecular weight excluding hydrogens is 373 g/mol. The van der Waals surface area contributed by atoms with Gasteiger partial charge in [-0.25, -0.2) is 9.37 Å². The van der Waals surface area contributed by atoms with Gasteiger partial charge in [0, 0.05) is 24.3 Å². The van der Waals surface area contributed by atoms with Crippen LogP contribution in [0.4, 0.5) is 4.39 Å². The predicted octanol–water partition coefficient (Wildman–Crippen LogP) is 4.21. The minimum absolute atomic E-state index is 0.160. The Labute approximate surface area is 160 Å². The fraction of sp³-hybridized carbons (Fsp3) is 0.158. The molecule has 0 aliphatic carbocycles. The number of carbonyl (C=O) groups excluding carboxylic acids is 1. The molecular formula is C19H17ClFN3OS. The molecule has 0 saturated carbocycles. The summed E-state index contributed by atoms with van der Waals surface area (Å²) in [6.07, 6.45) is 3.47. The van der Waals surface area contributed by atoms with E-state index >= 15 is 0 Å². The topological polar surface area (TPSA) is 46.9 Å². The monoisotopic (exact) mass is 389 g/mol. The van der Waals surface area contributed by atoms with Crippen molar-refractivity contribution < 1.29 is 9.18 Å². The molecule has 1 unspecified atom stereocenters. The first-order valence-corrected chi connectivity index (χ1v) is 9.30. The van der Waals surface area contributed by atoms with Crippen molar-refractivity contribution in [2.75, 3.05) is 5.75 Å². The van der Waals surface area contributed by atoms with Gasteiger partial charge in [-0.15, -0.1) is 11.8 Å². The van der Waals surface area contributed by atoms with Crippen LogP contribution >= 0.6 is 23.4 Å². The Morgan fingerprint density at radius 3 is 2.65 bits per heavy atom. The number of nitrogens with one attached hydrogen (secondary N) is 1. The molecule has 1 amide bonds. The van der Waals surface area contributed by atoms with Crippen LogP contribution in [0.25, 0.3) is 0 Å². The van der Waals surface area contributed by atoms with Crippen LogP contribution < -0.4 is 5.32 Å². The summed E-state index contributed by atoms with van der Waals surface area (Å²) in [5, 5.41) is 3.59. The van der Waals surface area contributed by atoms with Gasteiger partial charge in [-0.2, -0.15) is 0 Å². The van der Waals surface area contributed by atoms with Gasteiger partial charge in [-0.05, 0) is 29.8 Å². The zero-order valence-corrected chi connectivity index (χ0v) is 15.6. The van der Waals surface area contributed by atoms with Crippen LogP contribution in [0.5, 0.6) is 0 Å². The zero-order valence-electron chi connectivity index (χ0n) is 14.0. The molecule has 7 heteroatoms. The molecule has 1 N–H and O–H groups in total. The normalized spacial score (nSPS) is 12.0. The van der Waals surface area contributed by atoms with Crippen molar-refractivity contribution >= 4 is 29.3 Å². The molecule has 1 heterocycles. The molecule has 3 rings (SSSR count). The van der Waals surface area contributed by atoms with Crippen molar-refractivity contribution in [1.29, 1.82) is 0 Å². The molecule has 2 aromatic carbocycles. The zero-order chi connectivity index (χ0) is 18.5. The van der Waals surface area contributed by atoms with E-state index in [1.165, 1.54) is 23.9 Å². The molecule has 134 valence electrons. The number of benzene rings is 2. The SMILES string of the molecule is Cn1ccnc1C(NC(=O)CSc1ccccc1Cl)c1ccc(F)cc1. The second-order valence-corrected chi connectivity index (χ2v) is 7.09. The number of aromatic nitrogens is 2. The summed E-state index contributed by atoms with van der Waals surface area (Å²) in [5.41, 5.74) is 0.761. The third kappa shape index (κ3) is 4.45. The standard InChI is InChI=1S/C19H17ClFN3OS/c1-24-11-10-22-19(24)18(13-6-8-14(21)9-7-13)23-17(25)12-26-16-5-3-2-4-15(16)20/h2-11,18H,12H2,1H3,(H,23,25). The smallest absolute Gasteiger partial charge is 0.231 e. The van der Waals surface area contributed by atoms with E-state index in [0.717, 1.165) is 10.5 Å². The van der Waals surface area contributed by atoms with E-state index in [-0.39, 0.29) is 17.5 Å². The molecule has 0 spiro atoms. The summed E-state index contributed by atoms with van der Waals surface area (Å²) >= 11 is 7.49. The fourth-order valence-corrected chi connectivity index (χ4v) is 3.57. The van der Waals surface area contributed by atoms with Gasteiger partial charge >= 0.3 is 0 Å². The van der Waals surface area contributed by atoms with Gasteiger partial charge in [0.05, 0.1) is 10.8 Å². The molecule has 0 bridgehead atoms. The van der Waals surface area contributed by atoms with E-state index < -0.39 is 6.04 Å². The number of aryl methyl sites for hydroxylation is 1. The van der Waals surface area contributed by atoms with Crippen molar-refractivity contribution in [1.82, 2.24) is 14.9 Å². The van der Waals surface area contributed by atoms with Crippen LogP contribution in [0.1, 0.15) is 17.4 Å². The number of thioether (sulfide) groups is 1. The number of rotatable bonds is 6. The second kappa shape index (κ2) is 8.38. The van der Waals surface area contributed by atoms with E-state index in [1.807, 2.05) is 29.8 Å². The minimum Gasteiger partial charge on any atom is -0.341 e. The van der Waals surface area contributed by atoms with Gasteiger partial charge in [-0.3, -0.25) is 4.79 Å². The van der Waals surface area contributed by atoms with E-state index in [2.05, 4.69) is 10.3 Å². The van der Waals surface area contributed by atoms with Gasteiger partial charge in [0.2, 0.25) is 5.91 Å². The first-order chi connectivity index (χ1) is 12.5. The number of hydrogen-bond acceptors (Lipinski definition) is 3. The predicted molar refractivity (Wildman–Crippen MR) is 102 cm³/mol. The third-order valence-electron chi connectivity index (χ3n) is 3.82. The maximum Gasteiger partial charge on any atom is 0.231 e. The summed E-state index contributed by atoms with van der Waals surface area (Å²) in [6, 6.07) is 13.0. The second-order valence-electron chi connectivity index (χ2n) is 5.67. The summed E-state index contributed by atoms with van der Waals surface area (Å²) in [5.74, 6) is 0.402. The van der Waals surface area contributed by atoms with E-state index in [4.69, 9.17) is 11.6 Å². The van der Waals surface area contributed by atoms with Crippen LogP contribution in [0.15, 0.2) is 65.8 Å². The Bertz CT molecular complexity index is 898. The van der Waals surface area contributed by atoms with Gasteiger partial charge in [0.15, 0.2) is 0 Å². The molecule has 26 heavy (non-hydrogen) atoms. The quantitative estimate of drug-likeness (QED) is 0.642. The van der Waals surface area contributed by atoms with Crippen LogP contribution in [0.3, 0.4) is 0 Å².